The molecule has 3 aliphatic rings. The van der Waals surface area contributed by atoms with Gasteiger partial charge in [0.25, 0.3) is 0 Å². The van der Waals surface area contributed by atoms with Gasteiger partial charge in [0.05, 0.1) is 0 Å². The van der Waals surface area contributed by atoms with Crippen LogP contribution in [0.25, 0.3) is 0 Å². The Labute approximate surface area is 122 Å². The molecule has 1 N–H and O–H groups in total. The van der Waals surface area contributed by atoms with Crippen LogP contribution in [0.4, 0.5) is 0 Å². The maximum Gasteiger partial charge on any atom is 0.123 e. The Bertz CT molecular complexity index is 475. The predicted molar refractivity (Wildman–Crippen MR) is 79.6 cm³/mol. The molecule has 2 unspecified atom stereocenters. The highest BCUT2D eigenvalue weighted by molar-refractivity contribution is 14.1. The SMILES string of the molecule is CC(C)n1nc(I)cc1C1C2CC3(CCN3)CC21. The van der Waals surface area contributed by atoms with Crippen LogP contribution in [-0.2, 0) is 0 Å². The summed E-state index contributed by atoms with van der Waals surface area (Å²) >= 11 is 2.35. The van der Waals surface area contributed by atoms with E-state index in [0.29, 0.717) is 11.6 Å². The van der Waals surface area contributed by atoms with E-state index in [9.17, 15) is 0 Å². The van der Waals surface area contributed by atoms with Crippen molar-refractivity contribution in [1.82, 2.24) is 15.1 Å². The zero-order valence-electron chi connectivity index (χ0n) is 11.0. The van der Waals surface area contributed by atoms with E-state index < -0.39 is 0 Å². The monoisotopic (exact) mass is 357 g/mol. The molecule has 2 heterocycles. The van der Waals surface area contributed by atoms with E-state index in [0.717, 1.165) is 21.5 Å². The second-order valence-corrected chi connectivity index (χ2v) is 7.75. The summed E-state index contributed by atoms with van der Waals surface area (Å²) in [5, 5.41) is 8.33. The Morgan fingerprint density at radius 3 is 2.61 bits per heavy atom. The van der Waals surface area contributed by atoms with E-state index in [1.165, 1.54) is 31.5 Å². The fourth-order valence-electron chi connectivity index (χ4n) is 4.29. The Morgan fingerprint density at radius 1 is 1.44 bits per heavy atom. The molecule has 1 aromatic rings. The zero-order valence-corrected chi connectivity index (χ0v) is 13.1. The molecule has 98 valence electrons. The molecule has 0 aromatic carbocycles. The number of nitrogens with zero attached hydrogens (tertiary/aromatic N) is 2. The first kappa shape index (κ1) is 11.7. The summed E-state index contributed by atoms with van der Waals surface area (Å²) in [6.45, 7) is 5.71. The van der Waals surface area contributed by atoms with Crippen LogP contribution in [-0.4, -0.2) is 21.9 Å². The van der Waals surface area contributed by atoms with Crippen molar-refractivity contribution < 1.29 is 0 Å². The Kier molecular flexibility index (Phi) is 2.42. The van der Waals surface area contributed by atoms with Gasteiger partial charge in [0.1, 0.15) is 3.70 Å². The van der Waals surface area contributed by atoms with Crippen molar-refractivity contribution in [3.63, 3.8) is 0 Å². The quantitative estimate of drug-likeness (QED) is 0.825. The maximum absolute atomic E-state index is 4.66. The van der Waals surface area contributed by atoms with E-state index in [4.69, 9.17) is 0 Å². The molecule has 1 aromatic heterocycles. The van der Waals surface area contributed by atoms with Gasteiger partial charge in [-0.05, 0) is 80.1 Å². The minimum absolute atomic E-state index is 0.487. The van der Waals surface area contributed by atoms with Gasteiger partial charge < -0.3 is 5.32 Å². The first-order valence-electron chi connectivity index (χ1n) is 7.10. The fraction of sp³-hybridized carbons (Fsp3) is 0.786. The van der Waals surface area contributed by atoms with E-state index in [-0.39, 0.29) is 0 Å². The summed E-state index contributed by atoms with van der Waals surface area (Å²) in [5.41, 5.74) is 2.06. The highest BCUT2D eigenvalue weighted by Gasteiger charge is 2.63. The van der Waals surface area contributed by atoms with Crippen molar-refractivity contribution in [1.29, 1.82) is 0 Å². The highest BCUT2D eigenvalue weighted by atomic mass is 127. The first-order chi connectivity index (χ1) is 8.60. The van der Waals surface area contributed by atoms with E-state index in [1.54, 1.807) is 0 Å². The average Bonchev–Trinajstić information content (AvgIpc) is 2.67. The molecule has 1 spiro atoms. The Morgan fingerprint density at radius 2 is 2.11 bits per heavy atom. The molecule has 2 saturated carbocycles. The molecule has 3 fully saturated rings. The number of nitrogens with one attached hydrogen (secondary N) is 1. The second kappa shape index (κ2) is 3.72. The Balaban J connectivity index is 1.57. The van der Waals surface area contributed by atoms with Crippen LogP contribution in [0.2, 0.25) is 0 Å². The molecule has 18 heavy (non-hydrogen) atoms. The fourth-order valence-corrected chi connectivity index (χ4v) is 4.84. The largest absolute Gasteiger partial charge is 0.311 e. The van der Waals surface area contributed by atoms with Crippen molar-refractivity contribution in [2.75, 3.05) is 6.54 Å². The van der Waals surface area contributed by atoms with Crippen LogP contribution < -0.4 is 5.32 Å². The molecule has 2 aliphatic carbocycles. The van der Waals surface area contributed by atoms with Gasteiger partial charge in [0, 0.05) is 23.2 Å². The van der Waals surface area contributed by atoms with Crippen molar-refractivity contribution in [3.05, 3.63) is 15.5 Å². The summed E-state index contributed by atoms with van der Waals surface area (Å²) in [5.74, 6) is 2.67. The molecular weight excluding hydrogens is 337 g/mol. The van der Waals surface area contributed by atoms with Crippen LogP contribution in [0, 0.1) is 15.5 Å². The lowest BCUT2D eigenvalue weighted by Crippen LogP contribution is -2.55. The molecular formula is C14H20IN3. The first-order valence-corrected chi connectivity index (χ1v) is 8.17. The standard InChI is InChI=1S/C14H20IN3/c1-8(2)18-11(5-12(15)17-18)13-9-6-14(3-4-16-14)7-10(9)13/h5,8-10,13,16H,3-4,6-7H2,1-2H3. The van der Waals surface area contributed by atoms with Gasteiger partial charge >= 0.3 is 0 Å². The summed E-state index contributed by atoms with van der Waals surface area (Å²) in [4.78, 5) is 0. The van der Waals surface area contributed by atoms with Crippen LogP contribution in [0.3, 0.4) is 0 Å². The topological polar surface area (TPSA) is 29.9 Å². The summed E-state index contributed by atoms with van der Waals surface area (Å²) in [7, 11) is 0. The number of hydrogen-bond donors (Lipinski definition) is 1. The maximum atomic E-state index is 4.66. The van der Waals surface area contributed by atoms with Gasteiger partial charge in [0.2, 0.25) is 0 Å². The van der Waals surface area contributed by atoms with Gasteiger partial charge in [-0.25, -0.2) is 0 Å². The number of hydrogen-bond acceptors (Lipinski definition) is 2. The molecule has 4 heteroatoms. The van der Waals surface area contributed by atoms with Crippen LogP contribution in [0.5, 0.6) is 0 Å². The molecule has 0 amide bonds. The van der Waals surface area contributed by atoms with Crippen molar-refractivity contribution in [3.8, 4) is 0 Å². The van der Waals surface area contributed by atoms with Crippen molar-refractivity contribution >= 4 is 22.6 Å². The average molecular weight is 357 g/mol. The smallest absolute Gasteiger partial charge is 0.123 e. The van der Waals surface area contributed by atoms with E-state index in [1.807, 2.05) is 0 Å². The molecule has 3 nitrogen and oxygen atoms in total. The summed E-state index contributed by atoms with van der Waals surface area (Å²) < 4.78 is 3.41. The van der Waals surface area contributed by atoms with Crippen LogP contribution in [0.15, 0.2) is 6.07 Å². The summed E-state index contributed by atoms with van der Waals surface area (Å²) in [6.07, 6.45) is 4.22. The third-order valence-electron chi connectivity index (χ3n) is 5.25. The predicted octanol–water partition coefficient (Wildman–Crippen LogP) is 2.92. The van der Waals surface area contributed by atoms with Gasteiger partial charge in [0.15, 0.2) is 0 Å². The van der Waals surface area contributed by atoms with E-state index in [2.05, 4.69) is 57.6 Å². The minimum atomic E-state index is 0.487. The third kappa shape index (κ3) is 1.54. The molecule has 0 radical (unpaired) electrons. The number of halogens is 1. The summed E-state index contributed by atoms with van der Waals surface area (Å²) in [6, 6.07) is 2.80. The zero-order chi connectivity index (χ0) is 12.5. The minimum Gasteiger partial charge on any atom is -0.311 e. The molecule has 1 aliphatic heterocycles. The van der Waals surface area contributed by atoms with E-state index >= 15 is 0 Å². The normalized spacial score (nSPS) is 41.2. The van der Waals surface area contributed by atoms with Crippen molar-refractivity contribution in [2.45, 2.75) is 50.6 Å². The lowest BCUT2D eigenvalue weighted by Gasteiger charge is -2.42. The molecule has 0 bridgehead atoms. The highest BCUT2D eigenvalue weighted by Crippen LogP contribution is 2.67. The lowest BCUT2D eigenvalue weighted by atomic mass is 9.81. The van der Waals surface area contributed by atoms with Gasteiger partial charge in [-0.2, -0.15) is 5.10 Å². The Hall–Kier alpha value is -0.100. The molecule has 2 atom stereocenters. The van der Waals surface area contributed by atoms with Gasteiger partial charge in [-0.1, -0.05) is 0 Å². The second-order valence-electron chi connectivity index (χ2n) is 6.65. The number of rotatable bonds is 2. The van der Waals surface area contributed by atoms with Crippen molar-refractivity contribution in [2.24, 2.45) is 11.8 Å². The third-order valence-corrected chi connectivity index (χ3v) is 5.78. The van der Waals surface area contributed by atoms with Gasteiger partial charge in [-0.15, -0.1) is 0 Å². The number of fused-ring (bicyclic) bond motifs is 1. The van der Waals surface area contributed by atoms with Crippen LogP contribution in [0.1, 0.15) is 50.8 Å². The number of aromatic nitrogens is 2. The molecule has 1 saturated heterocycles. The lowest BCUT2D eigenvalue weighted by molar-refractivity contribution is 0.189. The van der Waals surface area contributed by atoms with Gasteiger partial charge in [-0.3, -0.25) is 4.68 Å². The van der Waals surface area contributed by atoms with Crippen LogP contribution >= 0.6 is 22.6 Å². The molecule has 4 rings (SSSR count).